The van der Waals surface area contributed by atoms with Gasteiger partial charge in [-0.3, -0.25) is 13.9 Å². The van der Waals surface area contributed by atoms with E-state index < -0.39 is 34.3 Å². The predicted molar refractivity (Wildman–Crippen MR) is 130 cm³/mol. The van der Waals surface area contributed by atoms with Crippen molar-refractivity contribution in [2.75, 3.05) is 24.2 Å². The molecule has 2 aromatic carbocycles. The van der Waals surface area contributed by atoms with Gasteiger partial charge in [0.2, 0.25) is 21.8 Å². The molecule has 1 N–H and O–H groups in total. The lowest BCUT2D eigenvalue weighted by molar-refractivity contribution is -0.139. The highest BCUT2D eigenvalue weighted by molar-refractivity contribution is 7.92. The topological polar surface area (TPSA) is 96.0 Å². The Morgan fingerprint density at radius 2 is 1.82 bits per heavy atom. The summed E-state index contributed by atoms with van der Waals surface area (Å²) in [7, 11) is -2.43. The van der Waals surface area contributed by atoms with Gasteiger partial charge in [-0.15, -0.1) is 0 Å². The molecule has 2 aromatic rings. The SMILES string of the molecule is COc1cccc(CN(C(=O)CN(c2ccc(F)c(Cl)c2)S(C)(=O)=O)[C@@H](C)C(=O)NC(C)C)c1. The highest BCUT2D eigenvalue weighted by atomic mass is 35.5. The highest BCUT2D eigenvalue weighted by Crippen LogP contribution is 2.25. The van der Waals surface area contributed by atoms with Gasteiger partial charge in [0.1, 0.15) is 24.2 Å². The number of halogens is 2. The monoisotopic (exact) mass is 513 g/mol. The normalized spacial score (nSPS) is 12.2. The summed E-state index contributed by atoms with van der Waals surface area (Å²) in [5.41, 5.74) is 0.718. The van der Waals surface area contributed by atoms with Gasteiger partial charge in [0.15, 0.2) is 0 Å². The van der Waals surface area contributed by atoms with Crippen LogP contribution in [-0.2, 0) is 26.2 Å². The lowest BCUT2D eigenvalue weighted by Crippen LogP contribution is -2.52. The van der Waals surface area contributed by atoms with E-state index in [1.807, 2.05) is 0 Å². The number of anilines is 1. The summed E-state index contributed by atoms with van der Waals surface area (Å²) in [6.45, 7) is 4.58. The van der Waals surface area contributed by atoms with Crippen molar-refractivity contribution >= 4 is 39.1 Å². The quantitative estimate of drug-likeness (QED) is 0.526. The van der Waals surface area contributed by atoms with Crippen molar-refractivity contribution in [3.63, 3.8) is 0 Å². The number of nitrogens with one attached hydrogen (secondary N) is 1. The minimum atomic E-state index is -3.94. The number of amides is 2. The number of carbonyl (C=O) groups is 2. The van der Waals surface area contributed by atoms with Crippen LogP contribution in [0.1, 0.15) is 26.3 Å². The fourth-order valence-corrected chi connectivity index (χ4v) is 4.23. The lowest BCUT2D eigenvalue weighted by atomic mass is 10.1. The van der Waals surface area contributed by atoms with Crippen LogP contribution in [0, 0.1) is 5.82 Å². The summed E-state index contributed by atoms with van der Waals surface area (Å²) < 4.78 is 44.7. The Hall–Kier alpha value is -2.85. The van der Waals surface area contributed by atoms with Gasteiger partial charge < -0.3 is 15.0 Å². The van der Waals surface area contributed by atoms with E-state index in [2.05, 4.69) is 5.32 Å². The van der Waals surface area contributed by atoms with Crippen LogP contribution in [0.3, 0.4) is 0 Å². The van der Waals surface area contributed by atoms with Crippen molar-refractivity contribution in [1.82, 2.24) is 10.2 Å². The molecule has 0 saturated carbocycles. The Labute approximate surface area is 204 Å². The number of nitrogens with zero attached hydrogens (tertiary/aromatic N) is 2. The molecule has 11 heteroatoms. The molecule has 0 fully saturated rings. The first-order valence-electron chi connectivity index (χ1n) is 10.5. The molecule has 0 bridgehead atoms. The van der Waals surface area contributed by atoms with Crippen molar-refractivity contribution in [3.8, 4) is 5.75 Å². The lowest BCUT2D eigenvalue weighted by Gasteiger charge is -2.32. The number of sulfonamides is 1. The van der Waals surface area contributed by atoms with E-state index in [1.165, 1.54) is 18.1 Å². The van der Waals surface area contributed by atoms with Crippen molar-refractivity contribution in [2.24, 2.45) is 0 Å². The van der Waals surface area contributed by atoms with Crippen LogP contribution in [-0.4, -0.2) is 57.1 Å². The second-order valence-corrected chi connectivity index (χ2v) is 10.4. The first-order chi connectivity index (χ1) is 15.8. The molecule has 0 radical (unpaired) electrons. The van der Waals surface area contributed by atoms with Gasteiger partial charge in [0.05, 0.1) is 24.1 Å². The number of hydrogen-bond acceptors (Lipinski definition) is 5. The average Bonchev–Trinajstić information content (AvgIpc) is 2.76. The zero-order chi connectivity index (χ0) is 25.6. The van der Waals surface area contributed by atoms with E-state index in [0.717, 1.165) is 22.7 Å². The van der Waals surface area contributed by atoms with Gasteiger partial charge in [-0.05, 0) is 56.7 Å². The minimum absolute atomic E-state index is 0.0304. The fraction of sp³-hybridized carbons (Fsp3) is 0.391. The molecular weight excluding hydrogens is 485 g/mol. The van der Waals surface area contributed by atoms with Crippen LogP contribution in [0.5, 0.6) is 5.75 Å². The smallest absolute Gasteiger partial charge is 0.244 e. The highest BCUT2D eigenvalue weighted by Gasteiger charge is 2.30. The minimum Gasteiger partial charge on any atom is -0.497 e. The average molecular weight is 514 g/mol. The molecule has 186 valence electrons. The van der Waals surface area contributed by atoms with Crippen LogP contribution < -0.4 is 14.4 Å². The van der Waals surface area contributed by atoms with E-state index in [-0.39, 0.29) is 29.2 Å². The fourth-order valence-electron chi connectivity index (χ4n) is 3.21. The molecule has 0 aliphatic heterocycles. The van der Waals surface area contributed by atoms with Crippen LogP contribution >= 0.6 is 11.6 Å². The van der Waals surface area contributed by atoms with Gasteiger partial charge in [0, 0.05) is 12.6 Å². The predicted octanol–water partition coefficient (Wildman–Crippen LogP) is 3.20. The van der Waals surface area contributed by atoms with Gasteiger partial charge in [-0.2, -0.15) is 0 Å². The van der Waals surface area contributed by atoms with Crippen molar-refractivity contribution in [2.45, 2.75) is 39.4 Å². The molecule has 0 heterocycles. The standard InChI is InChI=1S/C23H29ClFN3O5S/c1-15(2)26-23(30)16(3)27(13-17-7-6-8-19(11-17)33-4)22(29)14-28(34(5,31)32)18-9-10-21(25)20(24)12-18/h6-12,15-16H,13-14H2,1-5H3,(H,26,30)/t16-/m0/s1. The molecule has 8 nitrogen and oxygen atoms in total. The number of ether oxygens (including phenoxy) is 1. The van der Waals surface area contributed by atoms with Gasteiger partial charge in [-0.25, -0.2) is 12.8 Å². The molecule has 34 heavy (non-hydrogen) atoms. The maximum atomic E-state index is 13.6. The van der Waals surface area contributed by atoms with Crippen molar-refractivity contribution in [3.05, 3.63) is 58.9 Å². The molecule has 0 aromatic heterocycles. The van der Waals surface area contributed by atoms with E-state index in [9.17, 15) is 22.4 Å². The molecule has 1 atom stereocenters. The molecule has 2 amide bonds. The van der Waals surface area contributed by atoms with Crippen LogP contribution in [0.25, 0.3) is 0 Å². The Kier molecular flexibility index (Phi) is 9.29. The number of rotatable bonds is 10. The van der Waals surface area contributed by atoms with Crippen molar-refractivity contribution < 1.29 is 27.1 Å². The summed E-state index contributed by atoms with van der Waals surface area (Å²) in [5.74, 6) is -1.16. The molecule has 0 aliphatic carbocycles. The van der Waals surface area contributed by atoms with Gasteiger partial charge in [0.25, 0.3) is 0 Å². The number of benzene rings is 2. The summed E-state index contributed by atoms with van der Waals surface area (Å²) in [4.78, 5) is 27.4. The Balaban J connectivity index is 2.42. The molecule has 0 saturated heterocycles. The van der Waals surface area contributed by atoms with Gasteiger partial charge in [-0.1, -0.05) is 23.7 Å². The molecule has 0 aliphatic rings. The van der Waals surface area contributed by atoms with Crippen LogP contribution in [0.15, 0.2) is 42.5 Å². The Morgan fingerprint density at radius 1 is 1.15 bits per heavy atom. The second-order valence-electron chi connectivity index (χ2n) is 8.08. The van der Waals surface area contributed by atoms with Crippen molar-refractivity contribution in [1.29, 1.82) is 0 Å². The maximum absolute atomic E-state index is 13.6. The second kappa shape index (κ2) is 11.5. The summed E-state index contributed by atoms with van der Waals surface area (Å²) in [5, 5.41) is 2.49. The van der Waals surface area contributed by atoms with E-state index in [4.69, 9.17) is 16.3 Å². The third-order valence-corrected chi connectivity index (χ3v) is 6.39. The third kappa shape index (κ3) is 7.33. The summed E-state index contributed by atoms with van der Waals surface area (Å²) in [6.07, 6.45) is 0.929. The third-order valence-electron chi connectivity index (χ3n) is 4.96. The molecule has 0 unspecified atom stereocenters. The first kappa shape index (κ1) is 27.4. The van der Waals surface area contributed by atoms with E-state index >= 15 is 0 Å². The zero-order valence-electron chi connectivity index (χ0n) is 19.7. The molecular formula is C23H29ClFN3O5S. The molecule has 2 rings (SSSR count). The molecule has 0 spiro atoms. The Morgan fingerprint density at radius 3 is 2.38 bits per heavy atom. The number of methoxy groups -OCH3 is 1. The largest absolute Gasteiger partial charge is 0.497 e. The maximum Gasteiger partial charge on any atom is 0.244 e. The van der Waals surface area contributed by atoms with Crippen LogP contribution in [0.4, 0.5) is 10.1 Å². The van der Waals surface area contributed by atoms with Crippen LogP contribution in [0.2, 0.25) is 5.02 Å². The summed E-state index contributed by atoms with van der Waals surface area (Å²) in [6, 6.07) is 9.30. The van der Waals surface area contributed by atoms with Gasteiger partial charge >= 0.3 is 0 Å². The van der Waals surface area contributed by atoms with E-state index in [0.29, 0.717) is 11.3 Å². The van der Waals surface area contributed by atoms with E-state index in [1.54, 1.807) is 45.0 Å². The first-order valence-corrected chi connectivity index (χ1v) is 12.7. The number of hydrogen-bond donors (Lipinski definition) is 1. The number of carbonyl (C=O) groups excluding carboxylic acids is 2. The zero-order valence-corrected chi connectivity index (χ0v) is 21.3. The summed E-state index contributed by atoms with van der Waals surface area (Å²) >= 11 is 5.83. The Bertz CT molecular complexity index is 1140.